The van der Waals surface area contributed by atoms with Crippen LogP contribution in [-0.2, 0) is 6.61 Å². The number of nitrogens with zero attached hydrogens (tertiary/aromatic N) is 1. The van der Waals surface area contributed by atoms with E-state index in [4.69, 9.17) is 14.4 Å². The van der Waals surface area contributed by atoms with E-state index in [0.717, 1.165) is 0 Å². The first-order chi connectivity index (χ1) is 14.0. The van der Waals surface area contributed by atoms with Crippen molar-refractivity contribution in [3.05, 3.63) is 89.4 Å². The van der Waals surface area contributed by atoms with Crippen LogP contribution in [0.3, 0.4) is 0 Å². The van der Waals surface area contributed by atoms with Crippen LogP contribution in [-0.4, -0.2) is 12.4 Å². The predicted molar refractivity (Wildman–Crippen MR) is 101 cm³/mol. The highest BCUT2D eigenvalue weighted by Gasteiger charge is 2.07. The van der Waals surface area contributed by atoms with E-state index in [-0.39, 0.29) is 18.1 Å². The van der Waals surface area contributed by atoms with Gasteiger partial charge in [0.05, 0.1) is 11.6 Å². The maximum Gasteiger partial charge on any atom is 0.387 e. The molecule has 0 spiro atoms. The van der Waals surface area contributed by atoms with E-state index >= 15 is 0 Å². The first kappa shape index (κ1) is 19.8. The number of ether oxygens (including phenoxy) is 2. The van der Waals surface area contributed by atoms with Gasteiger partial charge in [0.2, 0.25) is 0 Å². The first-order valence-electron chi connectivity index (χ1n) is 8.52. The van der Waals surface area contributed by atoms with E-state index in [0.29, 0.717) is 28.4 Å². The maximum absolute atomic E-state index is 12.2. The second kappa shape index (κ2) is 9.33. The van der Waals surface area contributed by atoms with Gasteiger partial charge in [0.15, 0.2) is 5.78 Å². The fourth-order valence-electron chi connectivity index (χ4n) is 2.40. The molecule has 0 fully saturated rings. The monoisotopic (exact) mass is 395 g/mol. The van der Waals surface area contributed by atoms with E-state index in [9.17, 15) is 13.6 Å². The number of hydrogen-bond donors (Lipinski definition) is 0. The van der Waals surface area contributed by atoms with Crippen molar-refractivity contribution in [2.75, 3.05) is 0 Å². The van der Waals surface area contributed by atoms with Crippen LogP contribution >= 0.6 is 0 Å². The lowest BCUT2D eigenvalue weighted by molar-refractivity contribution is -0.0498. The predicted octanol–water partition coefficient (Wildman–Crippen LogP) is 5.23. The number of carbonyl (C=O) groups is 1. The van der Waals surface area contributed by atoms with Crippen LogP contribution in [0.1, 0.15) is 27.4 Å². The highest BCUT2D eigenvalue weighted by Crippen LogP contribution is 2.18. The molecule has 3 rings (SSSR count). The van der Waals surface area contributed by atoms with Crippen molar-refractivity contribution in [3.63, 3.8) is 0 Å². The van der Waals surface area contributed by atoms with Crippen LogP contribution in [0.25, 0.3) is 6.08 Å². The second-order valence-electron chi connectivity index (χ2n) is 5.83. The molecule has 29 heavy (non-hydrogen) atoms. The normalized spacial score (nSPS) is 10.8. The lowest BCUT2D eigenvalue weighted by Gasteiger charge is -2.04. The van der Waals surface area contributed by atoms with Gasteiger partial charge >= 0.3 is 6.61 Å². The highest BCUT2D eigenvalue weighted by molar-refractivity contribution is 6.06. The van der Waals surface area contributed by atoms with E-state index in [1.54, 1.807) is 36.4 Å². The maximum atomic E-state index is 12.2. The Hall–Kier alpha value is -3.92. The molecule has 0 aliphatic carbocycles. The van der Waals surface area contributed by atoms with E-state index in [1.807, 2.05) is 6.07 Å². The lowest BCUT2D eigenvalue weighted by atomic mass is 10.1. The van der Waals surface area contributed by atoms with Gasteiger partial charge in [-0.2, -0.15) is 14.0 Å². The molecule has 3 aromatic rings. The van der Waals surface area contributed by atoms with Crippen molar-refractivity contribution >= 4 is 11.9 Å². The first-order valence-corrected chi connectivity index (χ1v) is 8.52. The Morgan fingerprint density at radius 2 is 1.72 bits per heavy atom. The fraction of sp³-hybridized carbons (Fsp3) is 0.0909. The van der Waals surface area contributed by atoms with Gasteiger partial charge in [-0.3, -0.25) is 4.79 Å². The summed E-state index contributed by atoms with van der Waals surface area (Å²) in [5.41, 5.74) is 0.877. The molecule has 1 aromatic heterocycles. The van der Waals surface area contributed by atoms with Crippen LogP contribution in [0.15, 0.2) is 71.2 Å². The van der Waals surface area contributed by atoms with Crippen molar-refractivity contribution in [1.82, 2.24) is 0 Å². The van der Waals surface area contributed by atoms with E-state index < -0.39 is 6.61 Å². The van der Waals surface area contributed by atoms with Gasteiger partial charge in [0.25, 0.3) is 0 Å². The summed E-state index contributed by atoms with van der Waals surface area (Å²) in [5.74, 6) is 1.31. The third-order valence-corrected chi connectivity index (χ3v) is 3.81. The van der Waals surface area contributed by atoms with Crippen LogP contribution in [0.2, 0.25) is 0 Å². The average Bonchev–Trinajstić information content (AvgIpc) is 3.19. The SMILES string of the molecule is N#Cc1ccc(OCc2ccc(/C=C/C(=O)c3ccc(OC(F)F)cc3)o2)cc1. The quantitative estimate of drug-likeness (QED) is 0.386. The van der Waals surface area contributed by atoms with E-state index in [1.165, 1.54) is 36.4 Å². The number of alkyl halides is 2. The summed E-state index contributed by atoms with van der Waals surface area (Å²) in [5, 5.41) is 8.78. The minimum atomic E-state index is -2.91. The van der Waals surface area contributed by atoms with Crippen molar-refractivity contribution in [3.8, 4) is 17.6 Å². The van der Waals surface area contributed by atoms with Gasteiger partial charge in [-0.05, 0) is 72.8 Å². The molecule has 0 radical (unpaired) electrons. The summed E-state index contributed by atoms with van der Waals surface area (Å²) in [6.45, 7) is -2.72. The summed E-state index contributed by atoms with van der Waals surface area (Å²) in [6, 6.07) is 17.6. The zero-order valence-corrected chi connectivity index (χ0v) is 15.0. The zero-order valence-electron chi connectivity index (χ0n) is 15.0. The number of halogens is 2. The third kappa shape index (κ3) is 5.78. The molecule has 0 N–H and O–H groups in total. The Morgan fingerprint density at radius 3 is 2.38 bits per heavy atom. The zero-order chi connectivity index (χ0) is 20.6. The van der Waals surface area contributed by atoms with Gasteiger partial charge in [0, 0.05) is 5.56 Å². The molecule has 7 heteroatoms. The number of furan rings is 1. The molecule has 2 aromatic carbocycles. The molecule has 5 nitrogen and oxygen atoms in total. The Labute approximate surface area is 165 Å². The van der Waals surface area contributed by atoms with Crippen LogP contribution < -0.4 is 9.47 Å². The number of carbonyl (C=O) groups excluding carboxylic acids is 1. The third-order valence-electron chi connectivity index (χ3n) is 3.81. The molecular weight excluding hydrogens is 380 g/mol. The Morgan fingerprint density at radius 1 is 1.03 bits per heavy atom. The summed E-state index contributed by atoms with van der Waals surface area (Å²) >= 11 is 0. The van der Waals surface area contributed by atoms with Gasteiger partial charge in [-0.1, -0.05) is 0 Å². The van der Waals surface area contributed by atoms with Gasteiger partial charge in [-0.15, -0.1) is 0 Å². The Kier molecular flexibility index (Phi) is 6.38. The molecule has 1 heterocycles. The molecule has 0 atom stereocenters. The van der Waals surface area contributed by atoms with Gasteiger partial charge in [0.1, 0.15) is 29.6 Å². The van der Waals surface area contributed by atoms with Gasteiger partial charge in [-0.25, -0.2) is 0 Å². The summed E-state index contributed by atoms with van der Waals surface area (Å²) < 4.78 is 39.7. The minimum Gasteiger partial charge on any atom is -0.486 e. The van der Waals surface area contributed by atoms with Crippen LogP contribution in [0, 0.1) is 11.3 Å². The van der Waals surface area contributed by atoms with E-state index in [2.05, 4.69) is 4.74 Å². The number of ketones is 1. The Balaban J connectivity index is 1.55. The van der Waals surface area contributed by atoms with Crippen molar-refractivity contribution in [2.45, 2.75) is 13.2 Å². The molecule has 0 aliphatic rings. The molecule has 0 aliphatic heterocycles. The molecular formula is C22H15F2NO4. The highest BCUT2D eigenvalue weighted by atomic mass is 19.3. The molecule has 0 amide bonds. The number of rotatable bonds is 8. The van der Waals surface area contributed by atoms with Crippen molar-refractivity contribution < 1.29 is 27.5 Å². The summed E-state index contributed by atoms with van der Waals surface area (Å²) in [4.78, 5) is 12.2. The van der Waals surface area contributed by atoms with Crippen molar-refractivity contribution in [2.24, 2.45) is 0 Å². The van der Waals surface area contributed by atoms with Gasteiger partial charge < -0.3 is 13.9 Å². The standard InChI is InChI=1S/C22H15F2NO4/c23-22(24)29-19-7-3-16(4-8-19)21(26)12-11-18-9-10-20(28-18)14-27-17-5-1-15(13-25)2-6-17/h1-12,22H,14H2/b12-11+. The summed E-state index contributed by atoms with van der Waals surface area (Å²) in [6.07, 6.45) is 2.84. The Bertz CT molecular complexity index is 1030. The van der Waals surface area contributed by atoms with Crippen molar-refractivity contribution in [1.29, 1.82) is 5.26 Å². The van der Waals surface area contributed by atoms with Crippen LogP contribution in [0.5, 0.6) is 11.5 Å². The number of allylic oxidation sites excluding steroid dienone is 1. The molecule has 146 valence electrons. The second-order valence-corrected chi connectivity index (χ2v) is 5.83. The largest absolute Gasteiger partial charge is 0.486 e. The molecule has 0 saturated carbocycles. The number of hydrogen-bond acceptors (Lipinski definition) is 5. The topological polar surface area (TPSA) is 72.5 Å². The fourth-order valence-corrected chi connectivity index (χ4v) is 2.40. The smallest absolute Gasteiger partial charge is 0.387 e. The molecule has 0 saturated heterocycles. The number of benzene rings is 2. The lowest BCUT2D eigenvalue weighted by Crippen LogP contribution is -2.02. The average molecular weight is 395 g/mol. The number of nitriles is 1. The molecule has 0 unspecified atom stereocenters. The minimum absolute atomic E-state index is 0.0153. The molecule has 0 bridgehead atoms. The summed E-state index contributed by atoms with van der Waals surface area (Å²) in [7, 11) is 0. The van der Waals surface area contributed by atoms with Crippen LogP contribution in [0.4, 0.5) is 8.78 Å².